The van der Waals surface area contributed by atoms with E-state index in [0.29, 0.717) is 11.4 Å². The van der Waals surface area contributed by atoms with Crippen LogP contribution < -0.4 is 27.0 Å². The third-order valence-corrected chi connectivity index (χ3v) is 4.95. The first-order valence-corrected chi connectivity index (χ1v) is 8.78. The van der Waals surface area contributed by atoms with Gasteiger partial charge in [-0.25, -0.2) is 4.98 Å². The van der Waals surface area contributed by atoms with E-state index in [0.717, 1.165) is 61.8 Å². The highest BCUT2D eigenvalue weighted by Gasteiger charge is 2.26. The summed E-state index contributed by atoms with van der Waals surface area (Å²) in [6.07, 6.45) is 4.25. The molecule has 2 aliphatic heterocycles. The van der Waals surface area contributed by atoms with Crippen LogP contribution in [0.25, 0.3) is 0 Å². The van der Waals surface area contributed by atoms with Crippen molar-refractivity contribution >= 4 is 29.0 Å². The Morgan fingerprint density at radius 3 is 2.77 bits per heavy atom. The third kappa shape index (κ3) is 3.07. The molecule has 9 heteroatoms. The SMILES string of the molecule is NC(=O)c1cnc2c(c1NC1CCN(c3ccc(N)nn3)CC1)CCN2. The van der Waals surface area contributed by atoms with E-state index in [2.05, 4.69) is 30.7 Å². The summed E-state index contributed by atoms with van der Waals surface area (Å²) in [5, 5.41) is 14.9. The maximum absolute atomic E-state index is 11.8. The van der Waals surface area contributed by atoms with Crippen LogP contribution in [0.5, 0.6) is 0 Å². The van der Waals surface area contributed by atoms with E-state index in [-0.39, 0.29) is 6.04 Å². The van der Waals surface area contributed by atoms with E-state index in [9.17, 15) is 4.79 Å². The zero-order valence-electron chi connectivity index (χ0n) is 14.4. The Morgan fingerprint density at radius 1 is 1.27 bits per heavy atom. The zero-order chi connectivity index (χ0) is 18.1. The zero-order valence-corrected chi connectivity index (χ0v) is 14.4. The van der Waals surface area contributed by atoms with E-state index in [1.807, 2.05) is 6.07 Å². The standard InChI is InChI=1S/C17H22N8O/c18-13-1-2-14(24-23-13)25-7-4-10(5-8-25)22-15-11-3-6-20-17(11)21-9-12(15)16(19)26/h1-2,9-10H,3-8H2,(H2,18,23)(H2,19,26)(H2,20,21,22). The average molecular weight is 354 g/mol. The van der Waals surface area contributed by atoms with Gasteiger partial charge >= 0.3 is 0 Å². The molecule has 0 aliphatic carbocycles. The third-order valence-electron chi connectivity index (χ3n) is 4.95. The first-order valence-electron chi connectivity index (χ1n) is 8.78. The normalized spacial score (nSPS) is 16.8. The van der Waals surface area contributed by atoms with Crippen LogP contribution in [-0.2, 0) is 6.42 Å². The Balaban J connectivity index is 1.47. The first kappa shape index (κ1) is 16.4. The molecule has 0 unspecified atom stereocenters. The lowest BCUT2D eigenvalue weighted by atomic mass is 10.0. The first-order chi connectivity index (χ1) is 12.6. The van der Waals surface area contributed by atoms with E-state index in [1.165, 1.54) is 0 Å². The number of nitrogens with one attached hydrogen (secondary N) is 2. The molecule has 0 atom stereocenters. The molecule has 1 amide bonds. The predicted octanol–water partition coefficient (Wildman–Crippen LogP) is 0.602. The minimum absolute atomic E-state index is 0.262. The number of pyridine rings is 1. The molecule has 26 heavy (non-hydrogen) atoms. The van der Waals surface area contributed by atoms with Gasteiger partial charge in [-0.1, -0.05) is 0 Å². The molecule has 2 aromatic rings. The second-order valence-corrected chi connectivity index (χ2v) is 6.64. The minimum atomic E-state index is -0.454. The van der Waals surface area contributed by atoms with Gasteiger partial charge in [-0.15, -0.1) is 10.2 Å². The van der Waals surface area contributed by atoms with Crippen LogP contribution in [0, 0.1) is 0 Å². The quantitative estimate of drug-likeness (QED) is 0.627. The van der Waals surface area contributed by atoms with Crippen LogP contribution in [0.2, 0.25) is 0 Å². The molecule has 1 saturated heterocycles. The molecular weight excluding hydrogens is 332 g/mol. The number of rotatable bonds is 4. The predicted molar refractivity (Wildman–Crippen MR) is 100 cm³/mol. The number of aromatic nitrogens is 3. The van der Waals surface area contributed by atoms with Crippen LogP contribution in [-0.4, -0.2) is 46.8 Å². The maximum Gasteiger partial charge on any atom is 0.252 e. The molecule has 9 nitrogen and oxygen atoms in total. The van der Waals surface area contributed by atoms with E-state index >= 15 is 0 Å². The summed E-state index contributed by atoms with van der Waals surface area (Å²) in [7, 11) is 0. The smallest absolute Gasteiger partial charge is 0.252 e. The summed E-state index contributed by atoms with van der Waals surface area (Å²) in [5.74, 6) is 1.64. The van der Waals surface area contributed by atoms with Crippen molar-refractivity contribution in [3.63, 3.8) is 0 Å². The van der Waals surface area contributed by atoms with Crippen molar-refractivity contribution in [2.24, 2.45) is 5.73 Å². The molecule has 0 saturated carbocycles. The molecule has 0 radical (unpaired) electrons. The van der Waals surface area contributed by atoms with Gasteiger partial charge in [-0.3, -0.25) is 4.79 Å². The van der Waals surface area contributed by atoms with Crippen molar-refractivity contribution in [2.75, 3.05) is 40.9 Å². The molecule has 136 valence electrons. The minimum Gasteiger partial charge on any atom is -0.382 e. The molecule has 2 aliphatic rings. The van der Waals surface area contributed by atoms with Crippen molar-refractivity contribution in [1.82, 2.24) is 15.2 Å². The Kier molecular flexibility index (Phi) is 4.19. The van der Waals surface area contributed by atoms with E-state index < -0.39 is 5.91 Å². The number of primary amides is 1. The molecule has 4 rings (SSSR count). The molecular formula is C17H22N8O. The van der Waals surface area contributed by atoms with Crippen molar-refractivity contribution in [1.29, 1.82) is 0 Å². The number of carbonyl (C=O) groups is 1. The van der Waals surface area contributed by atoms with Crippen LogP contribution >= 0.6 is 0 Å². The summed E-state index contributed by atoms with van der Waals surface area (Å²) < 4.78 is 0. The van der Waals surface area contributed by atoms with Crippen molar-refractivity contribution in [3.8, 4) is 0 Å². The van der Waals surface area contributed by atoms with Crippen LogP contribution in [0.1, 0.15) is 28.8 Å². The van der Waals surface area contributed by atoms with Gasteiger partial charge in [0.15, 0.2) is 5.82 Å². The fourth-order valence-electron chi connectivity index (χ4n) is 3.57. The summed E-state index contributed by atoms with van der Waals surface area (Å²) in [4.78, 5) is 18.3. The monoisotopic (exact) mass is 354 g/mol. The number of anilines is 4. The Labute approximate surface area is 151 Å². The summed E-state index contributed by atoms with van der Waals surface area (Å²) in [6.45, 7) is 2.54. The van der Waals surface area contributed by atoms with E-state index in [1.54, 1.807) is 12.3 Å². The maximum atomic E-state index is 11.8. The largest absolute Gasteiger partial charge is 0.382 e. The summed E-state index contributed by atoms with van der Waals surface area (Å²) in [6, 6.07) is 3.92. The second-order valence-electron chi connectivity index (χ2n) is 6.64. The number of hydrogen-bond acceptors (Lipinski definition) is 8. The highest BCUT2D eigenvalue weighted by atomic mass is 16.1. The Morgan fingerprint density at radius 2 is 2.08 bits per heavy atom. The van der Waals surface area contributed by atoms with Crippen LogP contribution in [0.4, 0.5) is 23.1 Å². The van der Waals surface area contributed by atoms with Gasteiger partial charge in [0.25, 0.3) is 5.91 Å². The highest BCUT2D eigenvalue weighted by Crippen LogP contribution is 2.32. The number of nitrogen functional groups attached to an aromatic ring is 1. The highest BCUT2D eigenvalue weighted by molar-refractivity contribution is 6.00. The lowest BCUT2D eigenvalue weighted by Crippen LogP contribution is -2.40. The number of carbonyl (C=O) groups excluding carboxylic acids is 1. The van der Waals surface area contributed by atoms with Gasteiger partial charge in [0.1, 0.15) is 11.6 Å². The second kappa shape index (κ2) is 6.66. The number of fused-ring (bicyclic) bond motifs is 1. The van der Waals surface area contributed by atoms with Gasteiger partial charge in [-0.05, 0) is 31.4 Å². The van der Waals surface area contributed by atoms with Crippen molar-refractivity contribution in [3.05, 3.63) is 29.5 Å². The molecule has 0 aromatic carbocycles. The molecule has 0 spiro atoms. The average Bonchev–Trinajstić information content (AvgIpc) is 3.12. The summed E-state index contributed by atoms with van der Waals surface area (Å²) >= 11 is 0. The fraction of sp³-hybridized carbons (Fsp3) is 0.412. The van der Waals surface area contributed by atoms with Gasteiger partial charge in [-0.2, -0.15) is 0 Å². The Hall–Kier alpha value is -3.10. The molecule has 0 bridgehead atoms. The van der Waals surface area contributed by atoms with Crippen molar-refractivity contribution < 1.29 is 4.79 Å². The van der Waals surface area contributed by atoms with Crippen LogP contribution in [0.3, 0.4) is 0 Å². The number of nitrogens with two attached hydrogens (primary N) is 2. The number of piperidine rings is 1. The number of nitrogens with zero attached hydrogens (tertiary/aromatic N) is 4. The lowest BCUT2D eigenvalue weighted by Gasteiger charge is -2.34. The summed E-state index contributed by atoms with van der Waals surface area (Å²) in [5.41, 5.74) is 13.5. The van der Waals surface area contributed by atoms with Gasteiger partial charge in [0.2, 0.25) is 0 Å². The number of amides is 1. The van der Waals surface area contributed by atoms with Gasteiger partial charge < -0.3 is 27.0 Å². The Bertz CT molecular complexity index is 814. The molecule has 4 heterocycles. The molecule has 2 aromatic heterocycles. The number of hydrogen-bond donors (Lipinski definition) is 4. The van der Waals surface area contributed by atoms with Crippen LogP contribution in [0.15, 0.2) is 18.3 Å². The molecule has 1 fully saturated rings. The lowest BCUT2D eigenvalue weighted by molar-refractivity contribution is 0.100. The van der Waals surface area contributed by atoms with E-state index in [4.69, 9.17) is 11.5 Å². The fourth-order valence-corrected chi connectivity index (χ4v) is 3.57. The van der Waals surface area contributed by atoms with Gasteiger partial charge in [0.05, 0.1) is 11.3 Å². The van der Waals surface area contributed by atoms with Gasteiger partial charge in [0, 0.05) is 37.4 Å². The topological polar surface area (TPSA) is 135 Å². The van der Waals surface area contributed by atoms with Crippen molar-refractivity contribution in [2.45, 2.75) is 25.3 Å². The molecule has 6 N–H and O–H groups in total.